The fourth-order valence-corrected chi connectivity index (χ4v) is 2.87. The van der Waals surface area contributed by atoms with E-state index in [0.29, 0.717) is 11.7 Å². The summed E-state index contributed by atoms with van der Waals surface area (Å²) in [7, 11) is 0. The summed E-state index contributed by atoms with van der Waals surface area (Å²) in [4.78, 5) is 14.2. The van der Waals surface area contributed by atoms with E-state index >= 15 is 0 Å². The zero-order valence-corrected chi connectivity index (χ0v) is 11.7. The summed E-state index contributed by atoms with van der Waals surface area (Å²) in [6.07, 6.45) is 10.3. The molecule has 104 valence electrons. The third kappa shape index (κ3) is 2.62. The van der Waals surface area contributed by atoms with Crippen LogP contribution < -0.4 is 4.74 Å². The molecule has 1 aliphatic carbocycles. The van der Waals surface area contributed by atoms with E-state index in [9.17, 15) is 4.79 Å². The van der Waals surface area contributed by atoms with Gasteiger partial charge in [0.25, 0.3) is 0 Å². The van der Waals surface area contributed by atoms with Gasteiger partial charge in [0.2, 0.25) is 0 Å². The van der Waals surface area contributed by atoms with Crippen LogP contribution in [-0.4, -0.2) is 23.6 Å². The Labute approximate surface area is 119 Å². The fraction of sp³-hybridized carbons (Fsp3) is 0.353. The summed E-state index contributed by atoms with van der Waals surface area (Å²) in [5, 5.41) is 0. The van der Waals surface area contributed by atoms with Crippen LogP contribution in [0.25, 0.3) is 0 Å². The lowest BCUT2D eigenvalue weighted by Crippen LogP contribution is -2.48. The molecule has 2 unspecified atom stereocenters. The van der Waals surface area contributed by atoms with Crippen molar-refractivity contribution in [2.75, 3.05) is 6.54 Å². The van der Waals surface area contributed by atoms with Crippen molar-refractivity contribution in [3.63, 3.8) is 0 Å². The molecule has 0 radical (unpaired) electrons. The monoisotopic (exact) mass is 269 g/mol. The van der Waals surface area contributed by atoms with E-state index in [1.54, 1.807) is 0 Å². The van der Waals surface area contributed by atoms with E-state index in [0.717, 1.165) is 24.9 Å². The number of nitrogens with zero attached hydrogens (tertiary/aromatic N) is 1. The van der Waals surface area contributed by atoms with Gasteiger partial charge >= 0.3 is 6.09 Å². The lowest BCUT2D eigenvalue weighted by Gasteiger charge is -2.38. The Morgan fingerprint density at radius 3 is 2.75 bits per heavy atom. The van der Waals surface area contributed by atoms with Gasteiger partial charge in [-0.1, -0.05) is 42.0 Å². The van der Waals surface area contributed by atoms with E-state index in [-0.39, 0.29) is 12.1 Å². The second-order valence-corrected chi connectivity index (χ2v) is 5.44. The number of carbonyl (C=O) groups is 1. The molecule has 1 aliphatic heterocycles. The standard InChI is InChI=1S/C17H19NO2/c1-13-8-10-15(11-9-13)20-17(19)18-12-4-6-14-5-2-3-7-16(14)18/h2-3,5,7-11,14,16H,4,6,12H2,1H3. The van der Waals surface area contributed by atoms with Gasteiger partial charge in [-0.3, -0.25) is 0 Å². The summed E-state index contributed by atoms with van der Waals surface area (Å²) in [6.45, 7) is 2.78. The third-order valence-electron chi connectivity index (χ3n) is 3.97. The third-order valence-corrected chi connectivity index (χ3v) is 3.97. The summed E-state index contributed by atoms with van der Waals surface area (Å²) < 4.78 is 5.49. The number of amides is 1. The number of likely N-dealkylation sites (tertiary alicyclic amines) is 1. The summed E-state index contributed by atoms with van der Waals surface area (Å²) >= 11 is 0. The minimum absolute atomic E-state index is 0.145. The van der Waals surface area contributed by atoms with Gasteiger partial charge < -0.3 is 9.64 Å². The Bertz CT molecular complexity index is 545. The molecule has 0 N–H and O–H groups in total. The summed E-state index contributed by atoms with van der Waals surface area (Å²) in [6, 6.07) is 7.72. The first-order valence-electron chi connectivity index (χ1n) is 7.14. The number of rotatable bonds is 1. The van der Waals surface area contributed by atoms with Crippen LogP contribution in [0.5, 0.6) is 5.75 Å². The SMILES string of the molecule is Cc1ccc(OC(=O)N2CCCC3C=CC=CC32)cc1. The van der Waals surface area contributed by atoms with E-state index < -0.39 is 0 Å². The molecule has 2 atom stereocenters. The Morgan fingerprint density at radius 2 is 1.95 bits per heavy atom. The predicted octanol–water partition coefficient (Wildman–Crippen LogP) is 3.70. The number of carbonyl (C=O) groups excluding carboxylic acids is 1. The summed E-state index contributed by atoms with van der Waals surface area (Å²) in [5.74, 6) is 1.04. The van der Waals surface area contributed by atoms with Gasteiger partial charge in [-0.2, -0.15) is 0 Å². The zero-order chi connectivity index (χ0) is 13.9. The van der Waals surface area contributed by atoms with Gasteiger partial charge in [0.15, 0.2) is 0 Å². The zero-order valence-electron chi connectivity index (χ0n) is 11.7. The van der Waals surface area contributed by atoms with Crippen molar-refractivity contribution < 1.29 is 9.53 Å². The van der Waals surface area contributed by atoms with Crippen molar-refractivity contribution in [3.05, 3.63) is 54.1 Å². The molecular weight excluding hydrogens is 250 g/mol. The van der Waals surface area contributed by atoms with Crippen molar-refractivity contribution in [1.29, 1.82) is 0 Å². The predicted molar refractivity (Wildman–Crippen MR) is 78.7 cm³/mol. The van der Waals surface area contributed by atoms with Crippen LogP contribution in [0.4, 0.5) is 4.79 Å². The second-order valence-electron chi connectivity index (χ2n) is 5.44. The number of piperidine rings is 1. The molecule has 0 spiro atoms. The van der Waals surface area contributed by atoms with Gasteiger partial charge in [-0.25, -0.2) is 4.79 Å². The number of allylic oxidation sites excluding steroid dienone is 2. The minimum atomic E-state index is -0.247. The molecular formula is C17H19NO2. The fourth-order valence-electron chi connectivity index (χ4n) is 2.87. The lowest BCUT2D eigenvalue weighted by molar-refractivity contribution is 0.112. The average molecular weight is 269 g/mol. The molecule has 3 heteroatoms. The number of ether oxygens (including phenoxy) is 1. The number of aryl methyl sites for hydroxylation is 1. The van der Waals surface area contributed by atoms with Crippen LogP contribution in [0.15, 0.2) is 48.6 Å². The first-order chi connectivity index (χ1) is 9.74. The van der Waals surface area contributed by atoms with Crippen molar-refractivity contribution >= 4 is 6.09 Å². The van der Waals surface area contributed by atoms with Gasteiger partial charge in [0, 0.05) is 12.5 Å². The molecule has 1 heterocycles. The van der Waals surface area contributed by atoms with Gasteiger partial charge in [0.1, 0.15) is 5.75 Å². The van der Waals surface area contributed by atoms with Crippen molar-refractivity contribution in [3.8, 4) is 5.75 Å². The van der Waals surface area contributed by atoms with Crippen LogP contribution >= 0.6 is 0 Å². The van der Waals surface area contributed by atoms with E-state index in [2.05, 4.69) is 18.2 Å². The molecule has 0 bridgehead atoms. The Kier molecular flexibility index (Phi) is 3.59. The Hall–Kier alpha value is -2.03. The van der Waals surface area contributed by atoms with Crippen LogP contribution in [0.2, 0.25) is 0 Å². The van der Waals surface area contributed by atoms with E-state index in [1.807, 2.05) is 42.2 Å². The number of benzene rings is 1. The highest BCUT2D eigenvalue weighted by Gasteiger charge is 2.33. The summed E-state index contributed by atoms with van der Waals surface area (Å²) in [5.41, 5.74) is 1.16. The van der Waals surface area contributed by atoms with Crippen molar-refractivity contribution in [2.24, 2.45) is 5.92 Å². The van der Waals surface area contributed by atoms with E-state index in [1.165, 1.54) is 0 Å². The molecule has 20 heavy (non-hydrogen) atoms. The maximum Gasteiger partial charge on any atom is 0.415 e. The molecule has 3 rings (SSSR count). The molecule has 3 nitrogen and oxygen atoms in total. The topological polar surface area (TPSA) is 29.5 Å². The number of hydrogen-bond donors (Lipinski definition) is 0. The Morgan fingerprint density at radius 1 is 1.20 bits per heavy atom. The molecule has 1 aromatic rings. The maximum atomic E-state index is 12.4. The number of fused-ring (bicyclic) bond motifs is 1. The van der Waals surface area contributed by atoms with E-state index in [4.69, 9.17) is 4.74 Å². The highest BCUT2D eigenvalue weighted by Crippen LogP contribution is 2.29. The highest BCUT2D eigenvalue weighted by molar-refractivity contribution is 5.71. The van der Waals surface area contributed by atoms with Crippen LogP contribution in [0.3, 0.4) is 0 Å². The van der Waals surface area contributed by atoms with Crippen LogP contribution in [-0.2, 0) is 0 Å². The van der Waals surface area contributed by atoms with Crippen LogP contribution in [0.1, 0.15) is 18.4 Å². The molecule has 0 aromatic heterocycles. The first kappa shape index (κ1) is 13.0. The molecule has 2 aliphatic rings. The molecule has 1 amide bonds. The largest absolute Gasteiger partial charge is 0.415 e. The Balaban J connectivity index is 1.71. The van der Waals surface area contributed by atoms with Gasteiger partial charge in [-0.15, -0.1) is 0 Å². The quantitative estimate of drug-likeness (QED) is 0.778. The van der Waals surface area contributed by atoms with Crippen molar-refractivity contribution in [1.82, 2.24) is 4.90 Å². The van der Waals surface area contributed by atoms with Crippen molar-refractivity contribution in [2.45, 2.75) is 25.8 Å². The smallest absolute Gasteiger partial charge is 0.410 e. The lowest BCUT2D eigenvalue weighted by atomic mass is 9.86. The van der Waals surface area contributed by atoms with Gasteiger partial charge in [0.05, 0.1) is 6.04 Å². The second kappa shape index (κ2) is 5.53. The van der Waals surface area contributed by atoms with Crippen LogP contribution in [0, 0.1) is 12.8 Å². The first-order valence-corrected chi connectivity index (χ1v) is 7.14. The minimum Gasteiger partial charge on any atom is -0.410 e. The average Bonchev–Trinajstić information content (AvgIpc) is 2.49. The maximum absolute atomic E-state index is 12.4. The highest BCUT2D eigenvalue weighted by atomic mass is 16.6. The number of hydrogen-bond acceptors (Lipinski definition) is 2. The molecule has 1 fully saturated rings. The normalized spacial score (nSPS) is 24.4. The van der Waals surface area contributed by atoms with Gasteiger partial charge in [-0.05, 0) is 31.9 Å². The molecule has 1 aromatic carbocycles. The molecule has 1 saturated heterocycles. The molecule has 0 saturated carbocycles.